The van der Waals surface area contributed by atoms with Crippen molar-refractivity contribution in [2.24, 2.45) is 0 Å². The third-order valence-corrected chi connectivity index (χ3v) is 0.946. The Morgan fingerprint density at radius 1 is 0.895 bits per heavy atom. The van der Waals surface area contributed by atoms with Gasteiger partial charge in [0.05, 0.1) is 0 Å². The predicted molar refractivity (Wildman–Crippen MR) is 67.3 cm³/mol. The van der Waals surface area contributed by atoms with Gasteiger partial charge in [-0.2, -0.15) is 0 Å². The fourth-order valence-corrected chi connectivity index (χ4v) is 0.610. The molecule has 0 rings (SSSR count). The van der Waals surface area contributed by atoms with Crippen LogP contribution in [0.1, 0.15) is 41.5 Å². The van der Waals surface area contributed by atoms with E-state index in [-0.39, 0.29) is 12.6 Å². The number of carbonyl (C=O) groups is 3. The summed E-state index contributed by atoms with van der Waals surface area (Å²) in [7, 11) is 0. The Balaban J connectivity index is -0.000000580. The van der Waals surface area contributed by atoms with E-state index < -0.39 is 23.5 Å². The largest absolute Gasteiger partial charge is 0.519 e. The molecule has 0 radical (unpaired) electrons. The monoisotopic (exact) mass is 281 g/mol. The minimum Gasteiger partial charge on any atom is -0.483 e. The first-order valence-corrected chi connectivity index (χ1v) is 5.13. The molecule has 8 heteroatoms. The summed E-state index contributed by atoms with van der Waals surface area (Å²) < 4.78 is 13.8. The maximum atomic E-state index is 11.0. The zero-order chi connectivity index (χ0) is 15.0. The SMILES string of the molecule is CC(C)(C)OC(=O)OC(=O)OC(C)(C)C.N.O=CO. The van der Waals surface area contributed by atoms with Crippen molar-refractivity contribution in [1.29, 1.82) is 0 Å². The summed E-state index contributed by atoms with van der Waals surface area (Å²) in [6, 6.07) is 0. The summed E-state index contributed by atoms with van der Waals surface area (Å²) in [6.07, 6.45) is -2.12. The minimum absolute atomic E-state index is 0. The molecule has 0 aliphatic rings. The second-order valence-electron chi connectivity index (χ2n) is 5.14. The first kappa shape index (κ1) is 22.4. The van der Waals surface area contributed by atoms with Crippen molar-refractivity contribution in [1.82, 2.24) is 6.15 Å². The van der Waals surface area contributed by atoms with E-state index in [4.69, 9.17) is 19.4 Å². The average molecular weight is 281 g/mol. The number of rotatable bonds is 0. The van der Waals surface area contributed by atoms with Crippen LogP contribution in [0.15, 0.2) is 0 Å². The highest BCUT2D eigenvalue weighted by atomic mass is 16.8. The molecule has 0 aromatic carbocycles. The summed E-state index contributed by atoms with van der Waals surface area (Å²) in [4.78, 5) is 30.4. The van der Waals surface area contributed by atoms with Crippen LogP contribution >= 0.6 is 0 Å². The number of carboxylic acid groups (broad SMARTS) is 1. The lowest BCUT2D eigenvalue weighted by molar-refractivity contribution is -0.122. The Labute approximate surface area is 112 Å². The van der Waals surface area contributed by atoms with Gasteiger partial charge in [-0.05, 0) is 41.5 Å². The molecule has 0 bridgehead atoms. The maximum absolute atomic E-state index is 11.0. The van der Waals surface area contributed by atoms with Crippen LogP contribution in [0.3, 0.4) is 0 Å². The van der Waals surface area contributed by atoms with Gasteiger partial charge in [-0.15, -0.1) is 0 Å². The summed E-state index contributed by atoms with van der Waals surface area (Å²) in [6.45, 7) is 9.77. The lowest BCUT2D eigenvalue weighted by atomic mass is 10.2. The highest BCUT2D eigenvalue weighted by Gasteiger charge is 2.24. The molecule has 0 heterocycles. The predicted octanol–water partition coefficient (Wildman–Crippen LogP) is 2.74. The van der Waals surface area contributed by atoms with Crippen molar-refractivity contribution in [2.45, 2.75) is 52.7 Å². The average Bonchev–Trinajstić information content (AvgIpc) is 1.95. The molecule has 4 N–H and O–H groups in total. The van der Waals surface area contributed by atoms with Crippen molar-refractivity contribution >= 4 is 18.8 Å². The standard InChI is InChI=1S/C10H18O5.CH2O2.H3N/c1-9(2,3)14-7(11)13-8(12)15-10(4,5)6;2-1-3;/h1-6H3;1H,(H,2,3);1H3. The van der Waals surface area contributed by atoms with Crippen molar-refractivity contribution in [3.8, 4) is 0 Å². The fourth-order valence-electron chi connectivity index (χ4n) is 0.610. The number of ether oxygens (including phenoxy) is 3. The van der Waals surface area contributed by atoms with Gasteiger partial charge in [-0.25, -0.2) is 9.59 Å². The number of hydrogen-bond acceptors (Lipinski definition) is 7. The molecule has 0 aliphatic heterocycles. The first-order valence-electron chi connectivity index (χ1n) is 5.13. The van der Waals surface area contributed by atoms with Crippen molar-refractivity contribution < 1.29 is 33.7 Å². The molecule has 0 spiro atoms. The zero-order valence-corrected chi connectivity index (χ0v) is 12.2. The van der Waals surface area contributed by atoms with Crippen molar-refractivity contribution in [2.75, 3.05) is 0 Å². The van der Waals surface area contributed by atoms with Crippen LogP contribution in [0.4, 0.5) is 9.59 Å². The molecule has 8 nitrogen and oxygen atoms in total. The second-order valence-corrected chi connectivity index (χ2v) is 5.14. The smallest absolute Gasteiger partial charge is 0.483 e. The van der Waals surface area contributed by atoms with Crippen LogP contribution in [-0.2, 0) is 19.0 Å². The Bertz CT molecular complexity index is 262. The number of carbonyl (C=O) groups excluding carboxylic acids is 2. The van der Waals surface area contributed by atoms with Crippen LogP contribution in [-0.4, -0.2) is 35.1 Å². The van der Waals surface area contributed by atoms with Crippen LogP contribution in [0.2, 0.25) is 0 Å². The molecule has 0 unspecified atom stereocenters. The van der Waals surface area contributed by atoms with Gasteiger partial charge in [0, 0.05) is 0 Å². The third kappa shape index (κ3) is 21.9. The van der Waals surface area contributed by atoms with E-state index in [2.05, 4.69) is 4.74 Å². The molecule has 19 heavy (non-hydrogen) atoms. The van der Waals surface area contributed by atoms with E-state index in [1.807, 2.05) is 0 Å². The Kier molecular flexibility index (Phi) is 10.8. The second kappa shape index (κ2) is 9.15. The summed E-state index contributed by atoms with van der Waals surface area (Å²) in [5.74, 6) is 0. The van der Waals surface area contributed by atoms with Crippen molar-refractivity contribution in [3.63, 3.8) is 0 Å². The minimum atomic E-state index is -1.06. The first-order chi connectivity index (χ1) is 7.91. The van der Waals surface area contributed by atoms with Crippen molar-refractivity contribution in [3.05, 3.63) is 0 Å². The van der Waals surface area contributed by atoms with Gasteiger partial charge in [-0.3, -0.25) is 4.79 Å². The maximum Gasteiger partial charge on any atom is 0.519 e. The normalized spacial score (nSPS) is 10.0. The Hall–Kier alpha value is -1.83. The van der Waals surface area contributed by atoms with E-state index in [1.165, 1.54) is 0 Å². The molecular weight excluding hydrogens is 258 g/mol. The Morgan fingerprint density at radius 2 is 1.11 bits per heavy atom. The topological polar surface area (TPSA) is 134 Å². The molecule has 0 saturated carbocycles. The molecule has 0 fully saturated rings. The molecule has 0 aromatic rings. The molecule has 0 amide bonds. The van der Waals surface area contributed by atoms with Crippen LogP contribution in [0.5, 0.6) is 0 Å². The lowest BCUT2D eigenvalue weighted by Gasteiger charge is -2.20. The Morgan fingerprint density at radius 3 is 1.26 bits per heavy atom. The van der Waals surface area contributed by atoms with E-state index in [1.54, 1.807) is 41.5 Å². The fraction of sp³-hybridized carbons (Fsp3) is 0.727. The van der Waals surface area contributed by atoms with E-state index in [9.17, 15) is 9.59 Å². The van der Waals surface area contributed by atoms with Gasteiger partial charge < -0.3 is 25.5 Å². The molecule has 0 aromatic heterocycles. The highest BCUT2D eigenvalue weighted by molar-refractivity contribution is 5.77. The quantitative estimate of drug-likeness (QED) is 0.393. The van der Waals surface area contributed by atoms with Crippen LogP contribution in [0, 0.1) is 0 Å². The lowest BCUT2D eigenvalue weighted by Crippen LogP contribution is -2.29. The van der Waals surface area contributed by atoms with E-state index in [0.717, 1.165) is 0 Å². The molecule has 0 aliphatic carbocycles. The van der Waals surface area contributed by atoms with E-state index in [0.29, 0.717) is 0 Å². The summed E-state index contributed by atoms with van der Waals surface area (Å²) in [5.41, 5.74) is -1.39. The van der Waals surface area contributed by atoms with Gasteiger partial charge in [0.25, 0.3) is 6.47 Å². The summed E-state index contributed by atoms with van der Waals surface area (Å²) in [5, 5.41) is 6.89. The molecule has 114 valence electrons. The number of hydrogen-bond donors (Lipinski definition) is 2. The van der Waals surface area contributed by atoms with Gasteiger partial charge >= 0.3 is 12.3 Å². The van der Waals surface area contributed by atoms with Gasteiger partial charge in [0.15, 0.2) is 0 Å². The molecule has 0 atom stereocenters. The highest BCUT2D eigenvalue weighted by Crippen LogP contribution is 2.11. The van der Waals surface area contributed by atoms with Gasteiger partial charge in [0.1, 0.15) is 11.2 Å². The van der Waals surface area contributed by atoms with Gasteiger partial charge in [-0.1, -0.05) is 0 Å². The summed E-state index contributed by atoms with van der Waals surface area (Å²) >= 11 is 0. The molecule has 0 saturated heterocycles. The van der Waals surface area contributed by atoms with Crippen LogP contribution < -0.4 is 6.15 Å². The zero-order valence-electron chi connectivity index (χ0n) is 12.2. The molecular formula is C11H23NO7. The van der Waals surface area contributed by atoms with E-state index >= 15 is 0 Å². The van der Waals surface area contributed by atoms with Gasteiger partial charge in [0.2, 0.25) is 0 Å². The van der Waals surface area contributed by atoms with Crippen LogP contribution in [0.25, 0.3) is 0 Å². The third-order valence-electron chi connectivity index (χ3n) is 0.946.